The van der Waals surface area contributed by atoms with Crippen LogP contribution in [0.3, 0.4) is 0 Å². The van der Waals surface area contributed by atoms with Crippen molar-refractivity contribution in [2.75, 3.05) is 13.2 Å². The van der Waals surface area contributed by atoms with E-state index in [0.29, 0.717) is 17.9 Å². The van der Waals surface area contributed by atoms with Gasteiger partial charge in [0.2, 0.25) is 0 Å². The van der Waals surface area contributed by atoms with E-state index in [-0.39, 0.29) is 18.5 Å². The highest BCUT2D eigenvalue weighted by molar-refractivity contribution is 5.96. The van der Waals surface area contributed by atoms with Crippen LogP contribution in [0.15, 0.2) is 16.7 Å². The van der Waals surface area contributed by atoms with Gasteiger partial charge in [-0.25, -0.2) is 0 Å². The summed E-state index contributed by atoms with van der Waals surface area (Å²) in [6.07, 6.45) is 1.46. The van der Waals surface area contributed by atoms with E-state index < -0.39 is 5.97 Å². The van der Waals surface area contributed by atoms with Gasteiger partial charge >= 0.3 is 5.97 Å². The Hall–Kier alpha value is -1.78. The minimum atomic E-state index is -0.402. The maximum Gasteiger partial charge on any atom is 0.325 e. The average molecular weight is 253 g/mol. The molecule has 100 valence electrons. The lowest BCUT2D eigenvalue weighted by atomic mass is 10.2. The molecule has 0 unspecified atom stereocenters. The normalized spacial score (nSPS) is 10.5. The molecule has 0 aliphatic carbocycles. The van der Waals surface area contributed by atoms with Gasteiger partial charge in [0.25, 0.3) is 5.91 Å². The Morgan fingerprint density at radius 1 is 1.44 bits per heavy atom. The number of carbonyl (C=O) groups excluding carboxylic acids is 2. The van der Waals surface area contributed by atoms with Gasteiger partial charge in [-0.15, -0.1) is 0 Å². The summed E-state index contributed by atoms with van der Waals surface area (Å²) >= 11 is 0. The summed E-state index contributed by atoms with van der Waals surface area (Å²) in [5.74, 6) is -0.0699. The maximum absolute atomic E-state index is 12.3. The number of furan rings is 1. The van der Waals surface area contributed by atoms with Crippen molar-refractivity contribution in [2.24, 2.45) is 0 Å². The zero-order chi connectivity index (χ0) is 13.7. The van der Waals surface area contributed by atoms with Crippen LogP contribution < -0.4 is 0 Å². The predicted octanol–water partition coefficient (Wildman–Crippen LogP) is 2.00. The Labute approximate surface area is 107 Å². The lowest BCUT2D eigenvalue weighted by molar-refractivity contribution is -0.144. The molecule has 5 nitrogen and oxygen atoms in total. The molecule has 0 aromatic carbocycles. The molecule has 1 aromatic heterocycles. The minimum absolute atomic E-state index is 0.0467. The van der Waals surface area contributed by atoms with Gasteiger partial charge in [-0.3, -0.25) is 9.59 Å². The van der Waals surface area contributed by atoms with Gasteiger partial charge in [0.1, 0.15) is 12.3 Å². The number of amides is 1. The van der Waals surface area contributed by atoms with Crippen LogP contribution in [0.2, 0.25) is 0 Å². The van der Waals surface area contributed by atoms with Gasteiger partial charge in [-0.05, 0) is 33.8 Å². The Balaban J connectivity index is 2.83. The quantitative estimate of drug-likeness (QED) is 0.753. The number of ether oxygens (including phenoxy) is 1. The average Bonchev–Trinajstić information content (AvgIpc) is 2.71. The van der Waals surface area contributed by atoms with E-state index >= 15 is 0 Å². The Morgan fingerprint density at radius 2 is 2.11 bits per heavy atom. The summed E-state index contributed by atoms with van der Waals surface area (Å²) < 4.78 is 9.97. The molecule has 0 aliphatic rings. The standard InChI is InChI=1S/C13H19NO4/c1-5-17-12(15)8-14(9(2)3)13(16)11-6-7-18-10(11)4/h6-7,9H,5,8H2,1-4H3. The lowest BCUT2D eigenvalue weighted by Crippen LogP contribution is -2.41. The number of aryl methyl sites for hydroxylation is 1. The Kier molecular flexibility index (Phi) is 4.95. The van der Waals surface area contributed by atoms with E-state index in [0.717, 1.165) is 0 Å². The van der Waals surface area contributed by atoms with Crippen LogP contribution in [-0.4, -0.2) is 36.0 Å². The molecule has 0 saturated heterocycles. The molecular weight excluding hydrogens is 234 g/mol. The van der Waals surface area contributed by atoms with Crippen LogP contribution in [0.25, 0.3) is 0 Å². The van der Waals surface area contributed by atoms with Gasteiger partial charge in [0, 0.05) is 6.04 Å². The number of esters is 1. The molecular formula is C13H19NO4. The van der Waals surface area contributed by atoms with Gasteiger partial charge in [-0.1, -0.05) is 0 Å². The number of rotatable bonds is 5. The molecule has 0 atom stereocenters. The Bertz CT molecular complexity index is 422. The van der Waals surface area contributed by atoms with Crippen LogP contribution in [0.4, 0.5) is 0 Å². The summed E-state index contributed by atoms with van der Waals surface area (Å²) in [5.41, 5.74) is 0.480. The fourth-order valence-corrected chi connectivity index (χ4v) is 1.60. The zero-order valence-corrected chi connectivity index (χ0v) is 11.2. The molecule has 1 aromatic rings. The van der Waals surface area contributed by atoms with Crippen molar-refractivity contribution in [2.45, 2.75) is 33.7 Å². The molecule has 0 aliphatic heterocycles. The number of carbonyl (C=O) groups is 2. The molecule has 5 heteroatoms. The van der Waals surface area contributed by atoms with Gasteiger partial charge in [-0.2, -0.15) is 0 Å². The molecule has 1 rings (SSSR count). The summed E-state index contributed by atoms with van der Waals surface area (Å²) in [6, 6.07) is 1.52. The fourth-order valence-electron chi connectivity index (χ4n) is 1.60. The fraction of sp³-hybridized carbons (Fsp3) is 0.538. The van der Waals surface area contributed by atoms with Crippen LogP contribution in [0.1, 0.15) is 36.9 Å². The van der Waals surface area contributed by atoms with E-state index in [1.54, 1.807) is 19.9 Å². The van der Waals surface area contributed by atoms with Gasteiger partial charge in [0.15, 0.2) is 0 Å². The minimum Gasteiger partial charge on any atom is -0.469 e. The van der Waals surface area contributed by atoms with E-state index in [2.05, 4.69) is 0 Å². The first-order valence-electron chi connectivity index (χ1n) is 5.98. The molecule has 0 saturated carbocycles. The van der Waals surface area contributed by atoms with Gasteiger partial charge < -0.3 is 14.1 Å². The monoisotopic (exact) mass is 253 g/mol. The SMILES string of the molecule is CCOC(=O)CN(C(=O)c1ccoc1C)C(C)C. The van der Waals surface area contributed by atoms with Crippen LogP contribution >= 0.6 is 0 Å². The first-order chi connectivity index (χ1) is 8.47. The highest BCUT2D eigenvalue weighted by Gasteiger charge is 2.24. The van der Waals surface area contributed by atoms with Crippen molar-refractivity contribution < 1.29 is 18.7 Å². The van der Waals surface area contributed by atoms with Crippen molar-refractivity contribution in [3.05, 3.63) is 23.7 Å². The molecule has 1 heterocycles. The summed E-state index contributed by atoms with van der Waals surface area (Å²) in [5, 5.41) is 0. The summed E-state index contributed by atoms with van der Waals surface area (Å²) in [6.45, 7) is 7.42. The summed E-state index contributed by atoms with van der Waals surface area (Å²) in [7, 11) is 0. The molecule has 0 N–H and O–H groups in total. The largest absolute Gasteiger partial charge is 0.469 e. The highest BCUT2D eigenvalue weighted by atomic mass is 16.5. The topological polar surface area (TPSA) is 59.8 Å². The number of hydrogen-bond acceptors (Lipinski definition) is 4. The smallest absolute Gasteiger partial charge is 0.325 e. The second kappa shape index (κ2) is 6.23. The lowest BCUT2D eigenvalue weighted by Gasteiger charge is -2.25. The van der Waals surface area contributed by atoms with Crippen molar-refractivity contribution in [3.8, 4) is 0 Å². The van der Waals surface area contributed by atoms with Crippen LogP contribution in [0.5, 0.6) is 0 Å². The second-order valence-electron chi connectivity index (χ2n) is 4.22. The highest BCUT2D eigenvalue weighted by Crippen LogP contribution is 2.14. The Morgan fingerprint density at radius 3 is 2.56 bits per heavy atom. The van der Waals surface area contributed by atoms with Crippen LogP contribution in [-0.2, 0) is 9.53 Å². The van der Waals surface area contributed by atoms with E-state index in [1.165, 1.54) is 11.2 Å². The van der Waals surface area contributed by atoms with E-state index in [4.69, 9.17) is 9.15 Å². The number of hydrogen-bond donors (Lipinski definition) is 0. The predicted molar refractivity (Wildman–Crippen MR) is 66.3 cm³/mol. The molecule has 1 amide bonds. The van der Waals surface area contributed by atoms with E-state index in [1.807, 2.05) is 13.8 Å². The first-order valence-corrected chi connectivity index (χ1v) is 5.98. The zero-order valence-electron chi connectivity index (χ0n) is 11.2. The van der Waals surface area contributed by atoms with Crippen molar-refractivity contribution in [1.82, 2.24) is 4.90 Å². The summed E-state index contributed by atoms with van der Waals surface area (Å²) in [4.78, 5) is 25.2. The maximum atomic E-state index is 12.3. The molecule has 0 spiro atoms. The molecule has 0 radical (unpaired) electrons. The van der Waals surface area contributed by atoms with Crippen LogP contribution in [0, 0.1) is 6.92 Å². The third-order valence-corrected chi connectivity index (χ3v) is 2.58. The third kappa shape index (κ3) is 3.35. The van der Waals surface area contributed by atoms with E-state index in [9.17, 15) is 9.59 Å². The van der Waals surface area contributed by atoms with Crippen molar-refractivity contribution in [3.63, 3.8) is 0 Å². The number of nitrogens with zero attached hydrogens (tertiary/aromatic N) is 1. The molecule has 0 fully saturated rings. The molecule has 0 bridgehead atoms. The second-order valence-corrected chi connectivity index (χ2v) is 4.22. The van der Waals surface area contributed by atoms with Gasteiger partial charge in [0.05, 0.1) is 18.4 Å². The molecule has 18 heavy (non-hydrogen) atoms. The van der Waals surface area contributed by atoms with Crippen molar-refractivity contribution in [1.29, 1.82) is 0 Å². The third-order valence-electron chi connectivity index (χ3n) is 2.58. The van der Waals surface area contributed by atoms with Crippen molar-refractivity contribution >= 4 is 11.9 Å². The first kappa shape index (κ1) is 14.3.